The lowest BCUT2D eigenvalue weighted by molar-refractivity contribution is -0.147. The average molecular weight is 514 g/mol. The summed E-state index contributed by atoms with van der Waals surface area (Å²) in [6, 6.07) is -1.27. The van der Waals surface area contributed by atoms with Crippen LogP contribution >= 0.6 is 15.9 Å². The monoisotopic (exact) mass is 513 g/mol. The van der Waals surface area contributed by atoms with Gasteiger partial charge in [0.2, 0.25) is 17.7 Å². The number of aliphatic hydroxyl groups excluding tert-OH is 1. The van der Waals surface area contributed by atoms with Crippen molar-refractivity contribution < 1.29 is 24.2 Å². The summed E-state index contributed by atoms with van der Waals surface area (Å²) in [4.78, 5) is 42.0. The van der Waals surface area contributed by atoms with Crippen molar-refractivity contribution in [3.8, 4) is 0 Å². The summed E-state index contributed by atoms with van der Waals surface area (Å²) in [7, 11) is 1.56. The van der Waals surface area contributed by atoms with Gasteiger partial charge in [-0.3, -0.25) is 14.4 Å². The highest BCUT2D eigenvalue weighted by Crippen LogP contribution is 2.60. The standard InChI is InChI=1S/C23H36BrN3O5/c1-4-12(2)15(11-28)27-19(21(30)26-13-8-6-5-7-9-13)23-10-14(24)18(32-23)16(20(29)25-3)17(23)22(27)31/h12-19,28H,4-11H2,1-3H3,(H,25,29)(H,26,30)/t12-,14?,15-,16+,17-,18+,19?,23?/m0/s1. The van der Waals surface area contributed by atoms with E-state index in [2.05, 4.69) is 26.6 Å². The number of ether oxygens (including phenoxy) is 1. The SMILES string of the molecule is CC[C@H](C)[C@H](CO)N1C(=O)[C@@H]2[C@@H](C(=O)NC)[C@@H]3OC2(CC3Br)C1C(=O)NC1CCCCC1. The normalized spacial score (nSPS) is 38.5. The van der Waals surface area contributed by atoms with E-state index in [9.17, 15) is 19.5 Å². The lowest BCUT2D eigenvalue weighted by Gasteiger charge is -2.39. The Labute approximate surface area is 198 Å². The van der Waals surface area contributed by atoms with Crippen LogP contribution in [0.5, 0.6) is 0 Å². The van der Waals surface area contributed by atoms with Crippen molar-refractivity contribution in [1.82, 2.24) is 15.5 Å². The van der Waals surface area contributed by atoms with Crippen LogP contribution in [0.2, 0.25) is 0 Å². The predicted octanol–water partition coefficient (Wildman–Crippen LogP) is 1.34. The van der Waals surface area contributed by atoms with E-state index in [4.69, 9.17) is 4.74 Å². The molecule has 3 aliphatic heterocycles. The average Bonchev–Trinajstić information content (AvgIpc) is 3.38. The molecule has 180 valence electrons. The first-order valence-corrected chi connectivity index (χ1v) is 13.0. The number of likely N-dealkylation sites (tertiary alicyclic amines) is 1. The Bertz CT molecular complexity index is 760. The molecule has 9 heteroatoms. The van der Waals surface area contributed by atoms with Gasteiger partial charge in [0.05, 0.1) is 30.6 Å². The van der Waals surface area contributed by atoms with E-state index < -0.39 is 35.6 Å². The van der Waals surface area contributed by atoms with Gasteiger partial charge < -0.3 is 25.4 Å². The van der Waals surface area contributed by atoms with Gasteiger partial charge in [-0.05, 0) is 25.2 Å². The van der Waals surface area contributed by atoms with Crippen LogP contribution in [0.1, 0.15) is 58.8 Å². The number of rotatable bonds is 7. The molecular weight excluding hydrogens is 478 g/mol. The third kappa shape index (κ3) is 3.59. The third-order valence-electron chi connectivity index (χ3n) is 8.32. The molecule has 1 saturated carbocycles. The highest BCUT2D eigenvalue weighted by Gasteiger charge is 2.77. The van der Waals surface area contributed by atoms with Crippen molar-refractivity contribution in [3.05, 3.63) is 0 Å². The van der Waals surface area contributed by atoms with E-state index in [0.717, 1.165) is 32.1 Å². The van der Waals surface area contributed by atoms with E-state index in [1.54, 1.807) is 11.9 Å². The highest BCUT2D eigenvalue weighted by atomic mass is 79.9. The van der Waals surface area contributed by atoms with Crippen molar-refractivity contribution >= 4 is 33.7 Å². The van der Waals surface area contributed by atoms with Crippen molar-refractivity contribution in [2.75, 3.05) is 13.7 Å². The zero-order valence-electron chi connectivity index (χ0n) is 19.2. The number of hydrogen-bond donors (Lipinski definition) is 3. The van der Waals surface area contributed by atoms with E-state index in [-0.39, 0.29) is 41.1 Å². The second-order valence-corrected chi connectivity index (χ2v) is 11.2. The first-order chi connectivity index (χ1) is 15.3. The van der Waals surface area contributed by atoms with Crippen LogP contribution in [0.15, 0.2) is 0 Å². The number of nitrogens with zero attached hydrogens (tertiary/aromatic N) is 1. The molecule has 0 aromatic rings. The molecule has 2 bridgehead atoms. The Hall–Kier alpha value is -1.19. The fourth-order valence-electron chi connectivity index (χ4n) is 6.53. The van der Waals surface area contributed by atoms with Gasteiger partial charge in [-0.1, -0.05) is 55.5 Å². The Morgan fingerprint density at radius 1 is 1.28 bits per heavy atom. The molecule has 0 radical (unpaired) electrons. The summed E-state index contributed by atoms with van der Waals surface area (Å²) < 4.78 is 6.45. The second-order valence-electron chi connectivity index (χ2n) is 10.0. The summed E-state index contributed by atoms with van der Waals surface area (Å²) in [5.41, 5.74) is -1.06. The van der Waals surface area contributed by atoms with Crippen LogP contribution < -0.4 is 10.6 Å². The maximum absolute atomic E-state index is 13.9. The Morgan fingerprint density at radius 2 is 1.97 bits per heavy atom. The molecule has 1 aliphatic carbocycles. The number of amides is 3. The Kier molecular flexibility index (Phi) is 6.90. The maximum Gasteiger partial charge on any atom is 0.246 e. The zero-order chi connectivity index (χ0) is 23.2. The molecule has 32 heavy (non-hydrogen) atoms. The van der Waals surface area contributed by atoms with Crippen molar-refractivity contribution in [1.29, 1.82) is 0 Å². The van der Waals surface area contributed by atoms with Crippen molar-refractivity contribution in [2.45, 2.75) is 93.5 Å². The minimum Gasteiger partial charge on any atom is -0.394 e. The molecule has 4 rings (SSSR count). The quantitative estimate of drug-likeness (QED) is 0.445. The third-order valence-corrected chi connectivity index (χ3v) is 9.17. The fourth-order valence-corrected chi connectivity index (χ4v) is 7.47. The molecule has 3 N–H and O–H groups in total. The molecule has 1 spiro atoms. The lowest BCUT2D eigenvalue weighted by atomic mass is 9.70. The van der Waals surface area contributed by atoms with Gasteiger partial charge in [0.1, 0.15) is 11.6 Å². The zero-order valence-corrected chi connectivity index (χ0v) is 20.8. The molecule has 0 aromatic carbocycles. The minimum atomic E-state index is -1.06. The van der Waals surface area contributed by atoms with Gasteiger partial charge in [-0.15, -0.1) is 0 Å². The van der Waals surface area contributed by atoms with Crippen molar-refractivity contribution in [2.24, 2.45) is 17.8 Å². The number of fused-ring (bicyclic) bond motifs is 1. The molecule has 3 unspecified atom stereocenters. The summed E-state index contributed by atoms with van der Waals surface area (Å²) in [6.07, 6.45) is 6.00. The lowest BCUT2D eigenvalue weighted by Crippen LogP contribution is -2.60. The number of halogens is 1. The first-order valence-electron chi connectivity index (χ1n) is 12.1. The summed E-state index contributed by atoms with van der Waals surface area (Å²) >= 11 is 3.66. The molecule has 4 aliphatic rings. The van der Waals surface area contributed by atoms with Crippen LogP contribution in [0.4, 0.5) is 0 Å². The van der Waals surface area contributed by atoms with Crippen LogP contribution in [0.25, 0.3) is 0 Å². The molecule has 4 fully saturated rings. The molecule has 8 nitrogen and oxygen atoms in total. The van der Waals surface area contributed by atoms with Gasteiger partial charge in [-0.2, -0.15) is 0 Å². The van der Waals surface area contributed by atoms with Crippen LogP contribution in [-0.4, -0.2) is 76.0 Å². The minimum absolute atomic E-state index is 0.000393. The Balaban J connectivity index is 1.74. The van der Waals surface area contributed by atoms with Gasteiger partial charge >= 0.3 is 0 Å². The summed E-state index contributed by atoms with van der Waals surface area (Å²) in [5, 5.41) is 16.2. The largest absolute Gasteiger partial charge is 0.394 e. The van der Waals surface area contributed by atoms with E-state index in [1.165, 1.54) is 6.42 Å². The fraction of sp³-hybridized carbons (Fsp3) is 0.870. The molecule has 0 aromatic heterocycles. The number of nitrogens with one attached hydrogen (secondary N) is 2. The number of hydrogen-bond acceptors (Lipinski definition) is 5. The van der Waals surface area contributed by atoms with E-state index in [0.29, 0.717) is 6.42 Å². The second kappa shape index (κ2) is 9.22. The maximum atomic E-state index is 13.9. The number of carbonyl (C=O) groups is 3. The molecular formula is C23H36BrN3O5. The number of alkyl halides is 1. The molecule has 3 saturated heterocycles. The van der Waals surface area contributed by atoms with Gasteiger partial charge in [0.25, 0.3) is 0 Å². The smallest absolute Gasteiger partial charge is 0.246 e. The van der Waals surface area contributed by atoms with Crippen LogP contribution in [0, 0.1) is 17.8 Å². The van der Waals surface area contributed by atoms with Gasteiger partial charge in [0, 0.05) is 17.9 Å². The van der Waals surface area contributed by atoms with Gasteiger partial charge in [-0.25, -0.2) is 0 Å². The van der Waals surface area contributed by atoms with E-state index in [1.807, 2.05) is 13.8 Å². The summed E-state index contributed by atoms with van der Waals surface area (Å²) in [6.45, 7) is 3.76. The molecule has 8 atom stereocenters. The highest BCUT2D eigenvalue weighted by molar-refractivity contribution is 9.09. The van der Waals surface area contributed by atoms with E-state index >= 15 is 0 Å². The topological polar surface area (TPSA) is 108 Å². The van der Waals surface area contributed by atoms with Crippen LogP contribution in [0.3, 0.4) is 0 Å². The van der Waals surface area contributed by atoms with Gasteiger partial charge in [0.15, 0.2) is 0 Å². The summed E-state index contributed by atoms with van der Waals surface area (Å²) in [5.74, 6) is -2.08. The predicted molar refractivity (Wildman–Crippen MR) is 122 cm³/mol. The van der Waals surface area contributed by atoms with Crippen molar-refractivity contribution in [3.63, 3.8) is 0 Å². The Morgan fingerprint density at radius 3 is 2.56 bits per heavy atom. The number of carbonyl (C=O) groups excluding carboxylic acids is 3. The van der Waals surface area contributed by atoms with Crippen LogP contribution in [-0.2, 0) is 19.1 Å². The number of aliphatic hydroxyl groups is 1. The molecule has 3 amide bonds. The molecule has 3 heterocycles. The first kappa shape index (κ1) is 24.0.